The van der Waals surface area contributed by atoms with Crippen LogP contribution in [0.4, 0.5) is 0 Å². The Kier molecular flexibility index (Phi) is 7.82. The molecule has 5 nitrogen and oxygen atoms in total. The summed E-state index contributed by atoms with van der Waals surface area (Å²) in [4.78, 5) is 16.4. The monoisotopic (exact) mass is 346 g/mol. The van der Waals surface area contributed by atoms with E-state index in [1.807, 2.05) is 30.3 Å². The van der Waals surface area contributed by atoms with Gasteiger partial charge in [0.2, 0.25) is 11.1 Å². The smallest absolute Gasteiger partial charge is 0.230 e. The molecule has 0 radical (unpaired) electrons. The average Bonchev–Trinajstić information content (AvgIpc) is 3.10. The number of unbranched alkanes of at least 4 members (excludes halogenated alkanes) is 1. The number of thioether (sulfide) groups is 1. The van der Waals surface area contributed by atoms with Crippen LogP contribution in [0.1, 0.15) is 39.5 Å². The van der Waals surface area contributed by atoms with Gasteiger partial charge in [-0.2, -0.15) is 0 Å². The van der Waals surface area contributed by atoms with Crippen molar-refractivity contribution in [3.8, 4) is 11.4 Å². The van der Waals surface area contributed by atoms with Crippen LogP contribution in [0.3, 0.4) is 0 Å². The highest BCUT2D eigenvalue weighted by Crippen LogP contribution is 2.18. The number of hydrogen-bond donors (Lipinski definition) is 2. The quantitative estimate of drug-likeness (QED) is 0.640. The number of benzene rings is 1. The van der Waals surface area contributed by atoms with Gasteiger partial charge in [-0.05, 0) is 12.3 Å². The lowest BCUT2D eigenvalue weighted by atomic mass is 9.99. The molecule has 0 saturated carbocycles. The summed E-state index contributed by atoms with van der Waals surface area (Å²) in [5.74, 6) is 1.69. The van der Waals surface area contributed by atoms with Crippen LogP contribution in [0.2, 0.25) is 0 Å². The number of H-pyrrole nitrogens is 1. The van der Waals surface area contributed by atoms with E-state index in [1.165, 1.54) is 31.0 Å². The minimum atomic E-state index is 0.0426. The molecule has 2 aromatic rings. The van der Waals surface area contributed by atoms with Crippen molar-refractivity contribution in [1.82, 2.24) is 20.5 Å². The Bertz CT molecular complexity index is 614. The van der Waals surface area contributed by atoms with Crippen LogP contribution in [-0.2, 0) is 4.79 Å². The van der Waals surface area contributed by atoms with Crippen molar-refractivity contribution in [2.24, 2.45) is 5.92 Å². The SMILES string of the molecule is CCCC[C@@H](CC)CNC(=O)CSc1n[nH]c(-c2ccccc2)n1. The normalized spacial score (nSPS) is 12.1. The largest absolute Gasteiger partial charge is 0.355 e. The lowest BCUT2D eigenvalue weighted by Crippen LogP contribution is -2.30. The summed E-state index contributed by atoms with van der Waals surface area (Å²) in [5, 5.41) is 10.7. The van der Waals surface area contributed by atoms with Crippen LogP contribution in [0.5, 0.6) is 0 Å². The van der Waals surface area contributed by atoms with E-state index < -0.39 is 0 Å². The minimum absolute atomic E-state index is 0.0426. The van der Waals surface area contributed by atoms with Crippen molar-refractivity contribution in [2.75, 3.05) is 12.3 Å². The Balaban J connectivity index is 1.75. The van der Waals surface area contributed by atoms with Crippen molar-refractivity contribution >= 4 is 17.7 Å². The number of nitrogens with one attached hydrogen (secondary N) is 2. The number of rotatable bonds is 10. The van der Waals surface area contributed by atoms with Gasteiger partial charge in [-0.3, -0.25) is 9.89 Å². The summed E-state index contributed by atoms with van der Waals surface area (Å²) in [6.45, 7) is 5.14. The Morgan fingerprint density at radius 3 is 2.79 bits per heavy atom. The molecular formula is C18H26N4OS. The van der Waals surface area contributed by atoms with E-state index in [1.54, 1.807) is 0 Å². The molecule has 0 fully saturated rings. The van der Waals surface area contributed by atoms with Crippen LogP contribution in [0, 0.1) is 5.92 Å². The first-order valence-electron chi connectivity index (χ1n) is 8.60. The molecule has 24 heavy (non-hydrogen) atoms. The van der Waals surface area contributed by atoms with E-state index in [0.29, 0.717) is 16.8 Å². The molecule has 0 aliphatic carbocycles. The molecule has 1 atom stereocenters. The van der Waals surface area contributed by atoms with Gasteiger partial charge in [-0.1, -0.05) is 75.2 Å². The Hall–Kier alpha value is -1.82. The first-order valence-corrected chi connectivity index (χ1v) is 9.58. The van der Waals surface area contributed by atoms with Gasteiger partial charge in [0, 0.05) is 12.1 Å². The van der Waals surface area contributed by atoms with Gasteiger partial charge in [-0.15, -0.1) is 5.10 Å². The van der Waals surface area contributed by atoms with Crippen LogP contribution >= 0.6 is 11.8 Å². The molecule has 1 aromatic heterocycles. The Labute approximate surface area is 148 Å². The number of aromatic amines is 1. The van der Waals surface area contributed by atoms with Gasteiger partial charge in [0.1, 0.15) is 0 Å². The molecule has 1 heterocycles. The molecule has 0 unspecified atom stereocenters. The van der Waals surface area contributed by atoms with Crippen LogP contribution in [-0.4, -0.2) is 33.4 Å². The zero-order valence-electron chi connectivity index (χ0n) is 14.4. The van der Waals surface area contributed by atoms with E-state index in [9.17, 15) is 4.79 Å². The summed E-state index contributed by atoms with van der Waals surface area (Å²) in [7, 11) is 0. The molecule has 1 amide bonds. The number of nitrogens with zero attached hydrogens (tertiary/aromatic N) is 2. The first kappa shape index (κ1) is 18.5. The predicted molar refractivity (Wildman–Crippen MR) is 98.9 cm³/mol. The molecule has 0 aliphatic heterocycles. The fourth-order valence-electron chi connectivity index (χ4n) is 2.42. The van der Waals surface area contributed by atoms with Gasteiger partial charge in [0.25, 0.3) is 0 Å². The van der Waals surface area contributed by atoms with Gasteiger partial charge >= 0.3 is 0 Å². The molecule has 130 valence electrons. The number of amides is 1. The second-order valence-electron chi connectivity index (χ2n) is 5.84. The fourth-order valence-corrected chi connectivity index (χ4v) is 3.05. The maximum atomic E-state index is 12.0. The number of carbonyl (C=O) groups excluding carboxylic acids is 1. The van der Waals surface area contributed by atoms with E-state index >= 15 is 0 Å². The van der Waals surface area contributed by atoms with Crippen molar-refractivity contribution in [3.05, 3.63) is 30.3 Å². The minimum Gasteiger partial charge on any atom is -0.355 e. The van der Waals surface area contributed by atoms with E-state index in [4.69, 9.17) is 0 Å². The van der Waals surface area contributed by atoms with Gasteiger partial charge in [0.15, 0.2) is 5.82 Å². The fraction of sp³-hybridized carbons (Fsp3) is 0.500. The molecule has 2 N–H and O–H groups in total. The average molecular weight is 347 g/mol. The van der Waals surface area contributed by atoms with E-state index in [2.05, 4.69) is 34.3 Å². The highest BCUT2D eigenvalue weighted by Gasteiger charge is 2.11. The summed E-state index contributed by atoms with van der Waals surface area (Å²) in [5.41, 5.74) is 0.989. The highest BCUT2D eigenvalue weighted by molar-refractivity contribution is 7.99. The van der Waals surface area contributed by atoms with Crippen molar-refractivity contribution in [1.29, 1.82) is 0 Å². The second-order valence-corrected chi connectivity index (χ2v) is 6.78. The van der Waals surface area contributed by atoms with Crippen LogP contribution < -0.4 is 5.32 Å². The topological polar surface area (TPSA) is 70.7 Å². The van der Waals surface area contributed by atoms with Crippen molar-refractivity contribution < 1.29 is 4.79 Å². The third-order valence-electron chi connectivity index (χ3n) is 3.98. The second kappa shape index (κ2) is 10.1. The van der Waals surface area contributed by atoms with Crippen molar-refractivity contribution in [2.45, 2.75) is 44.7 Å². The standard InChI is InChI=1S/C18H26N4OS/c1-3-5-9-14(4-2)12-19-16(23)13-24-18-20-17(21-22-18)15-10-7-6-8-11-15/h6-8,10-11,14H,3-5,9,12-13H2,1-2H3,(H,19,23)(H,20,21,22)/t14-/m1/s1. The number of carbonyl (C=O) groups is 1. The summed E-state index contributed by atoms with van der Waals surface area (Å²) in [6, 6.07) is 9.83. The Morgan fingerprint density at radius 1 is 1.29 bits per heavy atom. The van der Waals surface area contributed by atoms with Gasteiger partial charge < -0.3 is 5.32 Å². The van der Waals surface area contributed by atoms with Gasteiger partial charge in [-0.25, -0.2) is 4.98 Å². The summed E-state index contributed by atoms with van der Waals surface area (Å²) in [6.07, 6.45) is 4.72. The molecule has 6 heteroatoms. The molecule has 2 rings (SSSR count). The zero-order chi connectivity index (χ0) is 17.2. The zero-order valence-corrected chi connectivity index (χ0v) is 15.2. The molecule has 1 aromatic carbocycles. The predicted octanol–water partition coefficient (Wildman–Crippen LogP) is 3.90. The van der Waals surface area contributed by atoms with Crippen molar-refractivity contribution in [3.63, 3.8) is 0 Å². The third kappa shape index (κ3) is 6.00. The van der Waals surface area contributed by atoms with E-state index in [-0.39, 0.29) is 5.91 Å². The lowest BCUT2D eigenvalue weighted by molar-refractivity contribution is -0.118. The van der Waals surface area contributed by atoms with Crippen LogP contribution in [0.25, 0.3) is 11.4 Å². The number of hydrogen-bond acceptors (Lipinski definition) is 4. The third-order valence-corrected chi connectivity index (χ3v) is 4.82. The molecule has 0 aliphatic rings. The summed E-state index contributed by atoms with van der Waals surface area (Å²) < 4.78 is 0. The number of aromatic nitrogens is 3. The first-order chi connectivity index (χ1) is 11.7. The van der Waals surface area contributed by atoms with Crippen LogP contribution in [0.15, 0.2) is 35.5 Å². The molecule has 0 bridgehead atoms. The molecule has 0 spiro atoms. The molecular weight excluding hydrogens is 320 g/mol. The maximum Gasteiger partial charge on any atom is 0.230 e. The summed E-state index contributed by atoms with van der Waals surface area (Å²) >= 11 is 1.36. The Morgan fingerprint density at radius 2 is 2.08 bits per heavy atom. The maximum absolute atomic E-state index is 12.0. The highest BCUT2D eigenvalue weighted by atomic mass is 32.2. The van der Waals surface area contributed by atoms with Gasteiger partial charge in [0.05, 0.1) is 5.75 Å². The lowest BCUT2D eigenvalue weighted by Gasteiger charge is -2.14. The molecule has 0 saturated heterocycles. The van der Waals surface area contributed by atoms with E-state index in [0.717, 1.165) is 24.4 Å².